The zero-order valence-electron chi connectivity index (χ0n) is 25.0. The highest BCUT2D eigenvalue weighted by Gasteiger charge is 2.98. The predicted octanol–water partition coefficient (Wildman–Crippen LogP) is 4.49. The van der Waals surface area contributed by atoms with E-state index in [2.05, 4.69) is 20.8 Å². The lowest BCUT2D eigenvalue weighted by Crippen LogP contribution is -2.58. The first kappa shape index (κ1) is 27.4. The van der Waals surface area contributed by atoms with Crippen LogP contribution in [-0.4, -0.2) is 54.2 Å². The van der Waals surface area contributed by atoms with E-state index in [0.717, 1.165) is 37.7 Å². The van der Waals surface area contributed by atoms with Crippen molar-refractivity contribution in [2.45, 2.75) is 104 Å². The van der Waals surface area contributed by atoms with Crippen LogP contribution in [0.5, 0.6) is 0 Å². The van der Waals surface area contributed by atoms with Gasteiger partial charge in [0.1, 0.15) is 18.3 Å². The predicted molar refractivity (Wildman–Crippen MR) is 146 cm³/mol. The standard InChI is InChI=1S/C33H42O8/c1-16-13-25(40-29(37)21(16)15-38-19(4)34)17(2)22-7-8-23-24-14-28-33(41-28)27(39-20(5)35)10-9-26(36)32(33)18(3)31(24,32)12-11-30(22,23)6/h9-10,17-18,22-25,27-28H,7-8,11-15H2,1-6H3. The molecule has 2 heterocycles. The molecule has 12 unspecified atom stereocenters. The fourth-order valence-corrected chi connectivity index (χ4v) is 11.7. The molecule has 0 bridgehead atoms. The molecule has 7 aliphatic rings. The molecule has 1 saturated heterocycles. The Hall–Kier alpha value is -2.48. The number of allylic oxidation sites excluding steroid dienone is 1. The molecule has 8 heteroatoms. The van der Waals surface area contributed by atoms with Gasteiger partial charge >= 0.3 is 17.9 Å². The fourth-order valence-electron chi connectivity index (χ4n) is 11.7. The summed E-state index contributed by atoms with van der Waals surface area (Å²) in [6.45, 7) is 11.6. The van der Waals surface area contributed by atoms with E-state index in [-0.39, 0.29) is 59.2 Å². The Morgan fingerprint density at radius 3 is 2.56 bits per heavy atom. The molecule has 5 aliphatic carbocycles. The van der Waals surface area contributed by atoms with Gasteiger partial charge in [-0.25, -0.2) is 4.79 Å². The van der Waals surface area contributed by atoms with Crippen molar-refractivity contribution in [1.29, 1.82) is 0 Å². The molecule has 7 rings (SSSR count). The third-order valence-electron chi connectivity index (χ3n) is 13.3. The fraction of sp³-hybridized carbons (Fsp3) is 0.758. The molecule has 8 nitrogen and oxygen atoms in total. The number of hydrogen-bond donors (Lipinski definition) is 0. The van der Waals surface area contributed by atoms with Crippen molar-refractivity contribution >= 4 is 23.7 Å². The van der Waals surface area contributed by atoms with E-state index < -0.39 is 23.1 Å². The third kappa shape index (κ3) is 3.15. The number of epoxide rings is 1. The molecule has 4 saturated carbocycles. The number of carbonyl (C=O) groups is 4. The highest BCUT2D eigenvalue weighted by atomic mass is 16.7. The molecule has 12 atom stereocenters. The van der Waals surface area contributed by atoms with E-state index in [9.17, 15) is 19.2 Å². The van der Waals surface area contributed by atoms with Gasteiger partial charge in [-0.15, -0.1) is 0 Å². The number of ketones is 1. The number of carbonyl (C=O) groups excluding carboxylic acids is 4. The van der Waals surface area contributed by atoms with Crippen LogP contribution in [0.1, 0.15) is 80.1 Å². The number of cyclic esters (lactones) is 1. The van der Waals surface area contributed by atoms with Gasteiger partial charge in [0.2, 0.25) is 0 Å². The zero-order valence-corrected chi connectivity index (χ0v) is 25.0. The van der Waals surface area contributed by atoms with E-state index in [1.165, 1.54) is 13.8 Å². The number of hydrogen-bond acceptors (Lipinski definition) is 8. The Kier molecular flexibility index (Phi) is 5.70. The smallest absolute Gasteiger partial charge is 0.337 e. The quantitative estimate of drug-likeness (QED) is 0.272. The average Bonchev–Trinajstić information content (AvgIpc) is 3.71. The summed E-state index contributed by atoms with van der Waals surface area (Å²) >= 11 is 0. The summed E-state index contributed by atoms with van der Waals surface area (Å²) < 4.78 is 23.4. The van der Waals surface area contributed by atoms with Crippen molar-refractivity contribution in [2.24, 2.45) is 45.8 Å². The second kappa shape index (κ2) is 8.55. The first-order valence-electron chi connectivity index (χ1n) is 15.5. The van der Waals surface area contributed by atoms with Crippen LogP contribution in [-0.2, 0) is 38.1 Å². The van der Waals surface area contributed by atoms with Crippen molar-refractivity contribution in [2.75, 3.05) is 6.61 Å². The monoisotopic (exact) mass is 566 g/mol. The van der Waals surface area contributed by atoms with Crippen LogP contribution in [0.25, 0.3) is 0 Å². The Morgan fingerprint density at radius 2 is 1.88 bits per heavy atom. The minimum absolute atomic E-state index is 0.0367. The Balaban J connectivity index is 1.15. The van der Waals surface area contributed by atoms with Crippen molar-refractivity contribution in [3.63, 3.8) is 0 Å². The zero-order chi connectivity index (χ0) is 29.3. The molecule has 0 N–H and O–H groups in total. The average molecular weight is 567 g/mol. The maximum Gasteiger partial charge on any atom is 0.337 e. The number of ether oxygens (including phenoxy) is 4. The first-order valence-corrected chi connectivity index (χ1v) is 15.5. The van der Waals surface area contributed by atoms with Crippen molar-refractivity contribution in [3.05, 3.63) is 23.3 Å². The topological polar surface area (TPSA) is 108 Å². The van der Waals surface area contributed by atoms with E-state index in [0.29, 0.717) is 29.7 Å². The SMILES string of the molecule is CC(=O)OCC1=C(C)CC(C(C)C2CCC3C4CC5OC56C(OC(C)=O)C=CC(=O)C65C(C)C45CCC23C)OC1=O. The molecule has 41 heavy (non-hydrogen) atoms. The summed E-state index contributed by atoms with van der Waals surface area (Å²) in [5.74, 6) is 0.660. The third-order valence-corrected chi connectivity index (χ3v) is 13.3. The van der Waals surface area contributed by atoms with Crippen LogP contribution in [0.4, 0.5) is 0 Å². The summed E-state index contributed by atoms with van der Waals surface area (Å²) in [6.07, 6.45) is 8.40. The molecular formula is C33H42O8. The minimum atomic E-state index is -0.705. The first-order chi connectivity index (χ1) is 19.4. The maximum absolute atomic E-state index is 13.9. The van der Waals surface area contributed by atoms with Crippen molar-refractivity contribution < 1.29 is 38.1 Å². The molecule has 222 valence electrons. The second-order valence-corrected chi connectivity index (χ2v) is 14.4. The van der Waals surface area contributed by atoms with Crippen molar-refractivity contribution in [1.82, 2.24) is 0 Å². The molecule has 0 radical (unpaired) electrons. The molecule has 0 amide bonds. The lowest BCUT2D eigenvalue weighted by molar-refractivity contribution is -0.156. The van der Waals surface area contributed by atoms with Crippen LogP contribution in [0, 0.1) is 45.8 Å². The van der Waals surface area contributed by atoms with Gasteiger partial charge in [0, 0.05) is 20.3 Å². The second-order valence-electron chi connectivity index (χ2n) is 14.4. The molecule has 0 aromatic carbocycles. The van der Waals surface area contributed by atoms with Gasteiger partial charge in [0.15, 0.2) is 11.9 Å². The Morgan fingerprint density at radius 1 is 1.12 bits per heavy atom. The van der Waals surface area contributed by atoms with E-state index in [1.807, 2.05) is 6.92 Å². The lowest BCUT2D eigenvalue weighted by atomic mass is 9.49. The van der Waals surface area contributed by atoms with E-state index in [1.54, 1.807) is 12.2 Å². The molecule has 5 fully saturated rings. The summed E-state index contributed by atoms with van der Waals surface area (Å²) in [6, 6.07) is 0. The maximum atomic E-state index is 13.9. The van der Waals surface area contributed by atoms with Crippen LogP contribution >= 0.6 is 0 Å². The van der Waals surface area contributed by atoms with Gasteiger partial charge in [0.05, 0.1) is 17.1 Å². The van der Waals surface area contributed by atoms with Crippen molar-refractivity contribution in [3.8, 4) is 0 Å². The molecule has 0 aromatic heterocycles. The summed E-state index contributed by atoms with van der Waals surface area (Å²) in [7, 11) is 0. The highest BCUT2D eigenvalue weighted by molar-refractivity contribution is 6.02. The number of esters is 3. The molecular weight excluding hydrogens is 524 g/mol. The van der Waals surface area contributed by atoms with Gasteiger partial charge in [-0.2, -0.15) is 0 Å². The highest BCUT2D eigenvalue weighted by Crippen LogP contribution is 2.91. The summed E-state index contributed by atoms with van der Waals surface area (Å²) in [4.78, 5) is 50.1. The van der Waals surface area contributed by atoms with Gasteiger partial charge in [-0.3, -0.25) is 14.4 Å². The minimum Gasteiger partial charge on any atom is -0.461 e. The number of fused-ring (bicyclic) bond motifs is 2. The lowest BCUT2D eigenvalue weighted by Gasteiger charge is -2.54. The molecule has 2 aliphatic heterocycles. The van der Waals surface area contributed by atoms with Crippen LogP contribution in [0.3, 0.4) is 0 Å². The Bertz CT molecular complexity index is 1310. The van der Waals surface area contributed by atoms with Crippen LogP contribution in [0.2, 0.25) is 0 Å². The molecule has 3 spiro atoms. The van der Waals surface area contributed by atoms with Gasteiger partial charge in [0.25, 0.3) is 0 Å². The largest absolute Gasteiger partial charge is 0.461 e. The summed E-state index contributed by atoms with van der Waals surface area (Å²) in [5.41, 5.74) is 0.0516. The van der Waals surface area contributed by atoms with Crippen LogP contribution in [0.15, 0.2) is 23.3 Å². The summed E-state index contributed by atoms with van der Waals surface area (Å²) in [5, 5.41) is 0. The van der Waals surface area contributed by atoms with Crippen LogP contribution < -0.4 is 0 Å². The normalized spacial score (nSPS) is 49.5. The van der Waals surface area contributed by atoms with Gasteiger partial charge in [-0.1, -0.05) is 26.3 Å². The Labute approximate surface area is 241 Å². The van der Waals surface area contributed by atoms with E-state index in [4.69, 9.17) is 18.9 Å². The van der Waals surface area contributed by atoms with Gasteiger partial charge in [-0.05, 0) is 91.6 Å². The molecule has 0 aromatic rings. The van der Waals surface area contributed by atoms with Gasteiger partial charge < -0.3 is 18.9 Å². The number of rotatable bonds is 5. The van der Waals surface area contributed by atoms with E-state index >= 15 is 0 Å².